The number of para-hydroxylation sites is 1. The zero-order valence-corrected chi connectivity index (χ0v) is 25.3. The lowest BCUT2D eigenvalue weighted by molar-refractivity contribution is -0.115. The Kier molecular flexibility index (Phi) is 8.33. The molecule has 9 nitrogen and oxygen atoms in total. The van der Waals surface area contributed by atoms with Crippen LogP contribution in [-0.4, -0.2) is 24.0 Å². The summed E-state index contributed by atoms with van der Waals surface area (Å²) in [7, 11) is 1.27. The van der Waals surface area contributed by atoms with E-state index in [0.717, 1.165) is 0 Å². The molecular formula is C34H26ClF2N3O6. The number of amides is 1. The molecule has 0 saturated heterocycles. The molecule has 2 heterocycles. The van der Waals surface area contributed by atoms with Crippen molar-refractivity contribution >= 4 is 34.9 Å². The van der Waals surface area contributed by atoms with E-state index >= 15 is 4.39 Å². The van der Waals surface area contributed by atoms with E-state index in [-0.39, 0.29) is 40.4 Å². The molecule has 0 bridgehead atoms. The zero-order chi connectivity index (χ0) is 32.4. The van der Waals surface area contributed by atoms with Crippen molar-refractivity contribution in [2.75, 3.05) is 17.7 Å². The molecule has 46 heavy (non-hydrogen) atoms. The van der Waals surface area contributed by atoms with Crippen LogP contribution in [0.2, 0.25) is 5.02 Å². The number of oxazole rings is 1. The molecule has 1 atom stereocenters. The fraction of sp³-hybridized carbons (Fsp3) is 0.147. The number of methoxy groups -OCH3 is 1. The SMILES string of the molecule is COC(=O)c1ccc(NC(=O)Cc2ccc(-c3cccc4c3OC(C)(c3ccc(Cl)cc3F)O4)c(F)c2)c(NCc2cnco2)c1. The summed E-state index contributed by atoms with van der Waals surface area (Å²) in [5.74, 6) is -2.54. The molecule has 0 radical (unpaired) electrons. The van der Waals surface area contributed by atoms with Crippen LogP contribution in [0, 0.1) is 11.6 Å². The fourth-order valence-corrected chi connectivity index (χ4v) is 5.29. The standard InChI is InChI=1S/C34H26ClF2N3O6/c1-34(25-10-8-21(35)15-27(25)37)45-30-5-3-4-24(32(30)46-34)23-9-6-19(12-26(23)36)13-31(41)40-28-11-7-20(33(42)43-2)14-29(28)39-17-22-16-38-18-44-22/h3-12,14-16,18,39H,13,17H2,1-2H3,(H,40,41). The van der Waals surface area contributed by atoms with Gasteiger partial charge in [0.05, 0.1) is 48.8 Å². The van der Waals surface area contributed by atoms with Crippen molar-refractivity contribution in [3.8, 4) is 22.6 Å². The summed E-state index contributed by atoms with van der Waals surface area (Å²) in [5, 5.41) is 6.15. The molecule has 5 aromatic rings. The molecule has 2 N–H and O–H groups in total. The first-order valence-corrected chi connectivity index (χ1v) is 14.4. The van der Waals surface area contributed by atoms with Crippen LogP contribution in [0.3, 0.4) is 0 Å². The number of esters is 1. The quantitative estimate of drug-likeness (QED) is 0.159. The van der Waals surface area contributed by atoms with Crippen LogP contribution in [0.5, 0.6) is 11.5 Å². The predicted octanol–water partition coefficient (Wildman–Crippen LogP) is 7.50. The Hall–Kier alpha value is -5.42. The second kappa shape index (κ2) is 12.5. The Labute approximate surface area is 267 Å². The number of hydrogen-bond acceptors (Lipinski definition) is 8. The minimum atomic E-state index is -1.50. The summed E-state index contributed by atoms with van der Waals surface area (Å²) in [5.41, 5.74) is 2.28. The Morgan fingerprint density at radius 1 is 0.957 bits per heavy atom. The minimum absolute atomic E-state index is 0.136. The number of rotatable bonds is 9. The largest absolute Gasteiger partial charge is 0.465 e. The highest BCUT2D eigenvalue weighted by atomic mass is 35.5. The maximum atomic E-state index is 15.6. The number of halogens is 3. The molecule has 1 amide bonds. The number of nitrogens with one attached hydrogen (secondary N) is 2. The van der Waals surface area contributed by atoms with E-state index in [4.69, 9.17) is 30.2 Å². The molecular weight excluding hydrogens is 620 g/mol. The van der Waals surface area contributed by atoms with Crippen molar-refractivity contribution < 1.29 is 37.0 Å². The predicted molar refractivity (Wildman–Crippen MR) is 166 cm³/mol. The maximum Gasteiger partial charge on any atom is 0.337 e. The summed E-state index contributed by atoms with van der Waals surface area (Å²) >= 11 is 5.91. The van der Waals surface area contributed by atoms with Crippen molar-refractivity contribution in [2.24, 2.45) is 0 Å². The van der Waals surface area contributed by atoms with Gasteiger partial charge in [0.25, 0.3) is 5.79 Å². The topological polar surface area (TPSA) is 112 Å². The molecule has 1 aromatic heterocycles. The van der Waals surface area contributed by atoms with Crippen LogP contribution in [0.4, 0.5) is 20.2 Å². The van der Waals surface area contributed by atoms with Crippen LogP contribution < -0.4 is 20.1 Å². The molecule has 1 unspecified atom stereocenters. The Bertz CT molecular complexity index is 1950. The number of carbonyl (C=O) groups excluding carboxylic acids is 2. The normalized spacial score (nSPS) is 15.0. The number of ether oxygens (including phenoxy) is 3. The van der Waals surface area contributed by atoms with Crippen LogP contribution in [0.25, 0.3) is 11.1 Å². The average Bonchev–Trinajstić information content (AvgIpc) is 3.67. The van der Waals surface area contributed by atoms with E-state index in [9.17, 15) is 14.0 Å². The Morgan fingerprint density at radius 3 is 2.54 bits per heavy atom. The third-order valence-corrected chi connectivity index (χ3v) is 7.58. The Morgan fingerprint density at radius 2 is 1.80 bits per heavy atom. The first-order valence-electron chi connectivity index (χ1n) is 14.0. The smallest absolute Gasteiger partial charge is 0.337 e. The summed E-state index contributed by atoms with van der Waals surface area (Å²) in [6, 6.07) is 18.3. The van der Waals surface area contributed by atoms with Crippen molar-refractivity contribution in [1.29, 1.82) is 0 Å². The van der Waals surface area contributed by atoms with Gasteiger partial charge >= 0.3 is 5.97 Å². The average molecular weight is 646 g/mol. The number of benzene rings is 4. The molecule has 0 aliphatic carbocycles. The second-order valence-electron chi connectivity index (χ2n) is 10.5. The Balaban J connectivity index is 1.19. The van der Waals surface area contributed by atoms with Crippen LogP contribution in [0.1, 0.15) is 34.2 Å². The number of nitrogens with zero attached hydrogens (tertiary/aromatic N) is 1. The molecule has 0 saturated carbocycles. The summed E-state index contributed by atoms with van der Waals surface area (Å²) < 4.78 is 52.5. The molecule has 1 aliphatic rings. The number of hydrogen-bond donors (Lipinski definition) is 2. The highest BCUT2D eigenvalue weighted by Gasteiger charge is 2.42. The minimum Gasteiger partial charge on any atom is -0.465 e. The van der Waals surface area contributed by atoms with Crippen molar-refractivity contribution in [1.82, 2.24) is 4.98 Å². The van der Waals surface area contributed by atoms with E-state index in [2.05, 4.69) is 15.6 Å². The fourth-order valence-electron chi connectivity index (χ4n) is 5.13. The number of aromatic nitrogens is 1. The van der Waals surface area contributed by atoms with Gasteiger partial charge in [-0.2, -0.15) is 0 Å². The molecule has 12 heteroatoms. The van der Waals surface area contributed by atoms with E-state index in [1.54, 1.807) is 49.4 Å². The highest BCUT2D eigenvalue weighted by Crippen LogP contribution is 2.50. The summed E-state index contributed by atoms with van der Waals surface area (Å²) in [6.07, 6.45) is 2.69. The third kappa shape index (κ3) is 6.22. The lowest BCUT2D eigenvalue weighted by Crippen LogP contribution is -2.32. The molecule has 4 aromatic carbocycles. The van der Waals surface area contributed by atoms with Gasteiger partial charge < -0.3 is 29.3 Å². The van der Waals surface area contributed by atoms with Gasteiger partial charge in [-0.05, 0) is 54.1 Å². The van der Waals surface area contributed by atoms with E-state index in [1.807, 2.05) is 0 Å². The van der Waals surface area contributed by atoms with Gasteiger partial charge in [-0.1, -0.05) is 35.9 Å². The lowest BCUT2D eigenvalue weighted by Gasteiger charge is -2.24. The van der Waals surface area contributed by atoms with Gasteiger partial charge in [0, 0.05) is 23.1 Å². The number of anilines is 2. The van der Waals surface area contributed by atoms with Gasteiger partial charge in [0.15, 0.2) is 17.9 Å². The second-order valence-corrected chi connectivity index (χ2v) is 11.0. The molecule has 1 aliphatic heterocycles. The van der Waals surface area contributed by atoms with E-state index in [0.29, 0.717) is 34.0 Å². The van der Waals surface area contributed by atoms with Gasteiger partial charge in [-0.15, -0.1) is 0 Å². The van der Waals surface area contributed by atoms with Crippen molar-refractivity contribution in [3.05, 3.63) is 124 Å². The van der Waals surface area contributed by atoms with Crippen LogP contribution in [0.15, 0.2) is 89.8 Å². The summed E-state index contributed by atoms with van der Waals surface area (Å²) in [6.45, 7) is 1.81. The van der Waals surface area contributed by atoms with Gasteiger partial charge in [0.2, 0.25) is 5.91 Å². The monoisotopic (exact) mass is 645 g/mol. The van der Waals surface area contributed by atoms with Crippen molar-refractivity contribution in [3.63, 3.8) is 0 Å². The third-order valence-electron chi connectivity index (χ3n) is 7.34. The summed E-state index contributed by atoms with van der Waals surface area (Å²) in [4.78, 5) is 29.0. The number of carbonyl (C=O) groups is 2. The van der Waals surface area contributed by atoms with E-state index in [1.165, 1.54) is 50.0 Å². The molecule has 0 spiro atoms. The molecule has 0 fully saturated rings. The lowest BCUT2D eigenvalue weighted by atomic mass is 10.0. The molecule has 234 valence electrons. The van der Waals surface area contributed by atoms with Gasteiger partial charge in [-0.3, -0.25) is 4.79 Å². The van der Waals surface area contributed by atoms with Gasteiger partial charge in [0.1, 0.15) is 17.4 Å². The van der Waals surface area contributed by atoms with Crippen molar-refractivity contribution in [2.45, 2.75) is 25.7 Å². The first-order chi connectivity index (χ1) is 22.1. The van der Waals surface area contributed by atoms with E-state index < -0.39 is 29.3 Å². The van der Waals surface area contributed by atoms with Crippen LogP contribution in [-0.2, 0) is 28.3 Å². The maximum absolute atomic E-state index is 15.6. The first kappa shape index (κ1) is 30.6. The molecule has 6 rings (SSSR count). The zero-order valence-electron chi connectivity index (χ0n) is 24.5. The highest BCUT2D eigenvalue weighted by molar-refractivity contribution is 6.30. The van der Waals surface area contributed by atoms with Gasteiger partial charge in [-0.25, -0.2) is 18.6 Å². The van der Waals surface area contributed by atoms with Crippen LogP contribution >= 0.6 is 11.6 Å². The number of fused-ring (bicyclic) bond motifs is 1.